The van der Waals surface area contributed by atoms with E-state index in [1.54, 1.807) is 6.21 Å². The van der Waals surface area contributed by atoms with Crippen LogP contribution < -0.4 is 5.43 Å². The van der Waals surface area contributed by atoms with Crippen molar-refractivity contribution in [3.63, 3.8) is 0 Å². The Kier molecular flexibility index (Phi) is 7.54. The van der Waals surface area contributed by atoms with Crippen molar-refractivity contribution in [3.05, 3.63) is 35.9 Å². The van der Waals surface area contributed by atoms with Gasteiger partial charge in [-0.15, -0.1) is 0 Å². The highest BCUT2D eigenvalue weighted by Gasteiger charge is 2.27. The fourth-order valence-corrected chi connectivity index (χ4v) is 5.07. The summed E-state index contributed by atoms with van der Waals surface area (Å²) < 4.78 is 0. The number of allylic oxidation sites excluding steroid dienone is 1. The van der Waals surface area contributed by atoms with E-state index in [-0.39, 0.29) is 0 Å². The van der Waals surface area contributed by atoms with Crippen LogP contribution in [0.25, 0.3) is 6.08 Å². The molecule has 0 atom stereocenters. The normalized spacial score (nSPS) is 12.8. The first-order chi connectivity index (χ1) is 9.71. The molecule has 1 aliphatic heterocycles. The number of rotatable bonds is 4. The van der Waals surface area contributed by atoms with Gasteiger partial charge < -0.3 is 0 Å². The van der Waals surface area contributed by atoms with Crippen LogP contribution in [0.15, 0.2) is 35.4 Å². The van der Waals surface area contributed by atoms with Crippen molar-refractivity contribution in [2.24, 2.45) is 5.10 Å². The molecular weight excluding hydrogens is 263 g/mol. The molecule has 3 heteroatoms. The number of anilines is 1. The first-order valence-electron chi connectivity index (χ1n) is 7.61. The third-order valence-electron chi connectivity index (χ3n) is 4.27. The smallest absolute Gasteiger partial charge is 0.0634 e. The minimum Gasteiger partial charge on any atom is -0.278 e. The molecular formula is C17H28N2P+. The molecule has 0 aromatic heterocycles. The van der Waals surface area contributed by atoms with E-state index >= 15 is 0 Å². The second-order valence-corrected chi connectivity index (χ2v) is 10.2. The highest BCUT2D eigenvalue weighted by Crippen LogP contribution is 2.57. The number of para-hydroxylation sites is 1. The van der Waals surface area contributed by atoms with Crippen molar-refractivity contribution in [1.82, 2.24) is 0 Å². The van der Waals surface area contributed by atoms with Gasteiger partial charge in [0, 0.05) is 13.5 Å². The van der Waals surface area contributed by atoms with Crippen LogP contribution in [-0.2, 0) is 0 Å². The summed E-state index contributed by atoms with van der Waals surface area (Å²) in [6.45, 7) is 9.41. The predicted molar refractivity (Wildman–Crippen MR) is 96.7 cm³/mol. The minimum absolute atomic E-state index is 0.420. The molecule has 0 saturated heterocycles. The molecule has 20 heavy (non-hydrogen) atoms. The number of nitrogens with one attached hydrogen (secondary N) is 1. The van der Waals surface area contributed by atoms with Gasteiger partial charge >= 0.3 is 0 Å². The van der Waals surface area contributed by atoms with Crippen LogP contribution >= 0.6 is 7.26 Å². The summed E-state index contributed by atoms with van der Waals surface area (Å²) in [6.07, 6.45) is 11.5. The molecule has 0 aliphatic carbocycles. The SMILES string of the molecule is C1=Cc2ccccc2NN=C1.CC[P+](CC)(CC)CC. The lowest BCUT2D eigenvalue weighted by atomic mass is 10.2. The van der Waals surface area contributed by atoms with Crippen molar-refractivity contribution in [2.45, 2.75) is 27.7 Å². The molecule has 0 spiro atoms. The molecule has 110 valence electrons. The van der Waals surface area contributed by atoms with Crippen molar-refractivity contribution in [1.29, 1.82) is 0 Å². The number of benzene rings is 1. The largest absolute Gasteiger partial charge is 0.278 e. The molecule has 1 aromatic rings. The lowest BCUT2D eigenvalue weighted by Gasteiger charge is -2.20. The molecule has 0 radical (unpaired) electrons. The van der Waals surface area contributed by atoms with Crippen LogP contribution in [0.5, 0.6) is 0 Å². The standard InChI is InChI=1S/C9H8N2.C8H20P/c1-2-6-9-8(4-1)5-3-7-10-11-9;1-5-9(6-2,7-3)8-4/h1-7,11H;5-8H2,1-4H3/q;+1. The Morgan fingerprint density at radius 3 is 2.10 bits per heavy atom. The van der Waals surface area contributed by atoms with E-state index < -0.39 is 7.26 Å². The lowest BCUT2D eigenvalue weighted by Crippen LogP contribution is -2.04. The van der Waals surface area contributed by atoms with E-state index in [4.69, 9.17) is 0 Å². The molecule has 2 nitrogen and oxygen atoms in total. The van der Waals surface area contributed by atoms with Crippen LogP contribution in [0, 0.1) is 0 Å². The van der Waals surface area contributed by atoms with Crippen LogP contribution in [0.1, 0.15) is 33.3 Å². The van der Waals surface area contributed by atoms with Gasteiger partial charge in [0.05, 0.1) is 30.3 Å². The van der Waals surface area contributed by atoms with Crippen LogP contribution in [0.2, 0.25) is 0 Å². The van der Waals surface area contributed by atoms with E-state index in [9.17, 15) is 0 Å². The maximum absolute atomic E-state index is 3.95. The van der Waals surface area contributed by atoms with Crippen molar-refractivity contribution >= 4 is 25.2 Å². The van der Waals surface area contributed by atoms with Gasteiger partial charge in [-0.3, -0.25) is 5.43 Å². The predicted octanol–water partition coefficient (Wildman–Crippen LogP) is 5.19. The summed E-state index contributed by atoms with van der Waals surface area (Å²) in [7, 11) is -0.420. The van der Waals surface area contributed by atoms with Crippen LogP contribution in [-0.4, -0.2) is 30.9 Å². The van der Waals surface area contributed by atoms with Gasteiger partial charge in [0.1, 0.15) is 0 Å². The Balaban J connectivity index is 0.000000206. The Labute approximate surface area is 124 Å². The van der Waals surface area contributed by atoms with Gasteiger partial charge in [0.15, 0.2) is 0 Å². The summed E-state index contributed by atoms with van der Waals surface area (Å²) in [5.41, 5.74) is 5.16. The van der Waals surface area contributed by atoms with E-state index in [2.05, 4.69) is 38.2 Å². The minimum atomic E-state index is -0.420. The van der Waals surface area contributed by atoms with E-state index in [0.717, 1.165) is 5.69 Å². The second kappa shape index (κ2) is 8.92. The van der Waals surface area contributed by atoms with Crippen molar-refractivity contribution in [3.8, 4) is 0 Å². The Bertz CT molecular complexity index is 431. The summed E-state index contributed by atoms with van der Waals surface area (Å²) in [5, 5.41) is 3.95. The zero-order chi connectivity index (χ0) is 14.8. The van der Waals surface area contributed by atoms with E-state index in [1.165, 1.54) is 30.2 Å². The zero-order valence-electron chi connectivity index (χ0n) is 13.3. The Morgan fingerprint density at radius 1 is 0.950 bits per heavy atom. The van der Waals surface area contributed by atoms with E-state index in [0.29, 0.717) is 0 Å². The molecule has 0 amide bonds. The first-order valence-corrected chi connectivity index (χ1v) is 10.1. The summed E-state index contributed by atoms with van der Waals surface area (Å²) in [6, 6.07) is 8.05. The van der Waals surface area contributed by atoms with Gasteiger partial charge in [-0.1, -0.05) is 24.3 Å². The molecule has 1 aliphatic rings. The molecule has 0 unspecified atom stereocenters. The maximum Gasteiger partial charge on any atom is 0.0634 e. The summed E-state index contributed by atoms with van der Waals surface area (Å²) in [5.74, 6) is 0. The molecule has 2 rings (SSSR count). The molecule has 1 N–H and O–H groups in total. The zero-order valence-corrected chi connectivity index (χ0v) is 14.2. The average molecular weight is 291 g/mol. The van der Waals surface area contributed by atoms with Crippen molar-refractivity contribution in [2.75, 3.05) is 30.1 Å². The Morgan fingerprint density at radius 2 is 1.55 bits per heavy atom. The second-order valence-electron chi connectivity index (χ2n) is 4.94. The molecule has 0 saturated carbocycles. The summed E-state index contributed by atoms with van der Waals surface area (Å²) in [4.78, 5) is 0. The third kappa shape index (κ3) is 4.76. The Hall–Kier alpha value is -1.14. The molecule has 0 fully saturated rings. The highest BCUT2D eigenvalue weighted by molar-refractivity contribution is 7.75. The molecule has 1 aromatic carbocycles. The topological polar surface area (TPSA) is 24.4 Å². The lowest BCUT2D eigenvalue weighted by molar-refractivity contribution is 1.25. The quantitative estimate of drug-likeness (QED) is 0.758. The van der Waals surface area contributed by atoms with Crippen molar-refractivity contribution < 1.29 is 0 Å². The number of nitrogens with zero attached hydrogens (tertiary/aromatic N) is 1. The maximum atomic E-state index is 3.95. The highest BCUT2D eigenvalue weighted by atomic mass is 31.2. The van der Waals surface area contributed by atoms with Crippen LogP contribution in [0.3, 0.4) is 0 Å². The van der Waals surface area contributed by atoms with Crippen LogP contribution in [0.4, 0.5) is 5.69 Å². The molecule has 1 heterocycles. The number of hydrogen-bond donors (Lipinski definition) is 1. The number of hydrazone groups is 1. The number of fused-ring (bicyclic) bond motifs is 1. The first kappa shape index (κ1) is 16.9. The number of hydrogen-bond acceptors (Lipinski definition) is 2. The van der Waals surface area contributed by atoms with Gasteiger partial charge in [-0.05, 0) is 45.4 Å². The van der Waals surface area contributed by atoms with E-state index in [1.807, 2.05) is 36.4 Å². The molecule has 0 bridgehead atoms. The van der Waals surface area contributed by atoms with Gasteiger partial charge in [0.2, 0.25) is 0 Å². The third-order valence-corrected chi connectivity index (χ3v) is 9.63. The van der Waals surface area contributed by atoms with Gasteiger partial charge in [-0.25, -0.2) is 0 Å². The average Bonchev–Trinajstić information content (AvgIpc) is 2.76. The monoisotopic (exact) mass is 291 g/mol. The fraction of sp³-hybridized carbons (Fsp3) is 0.471. The fourth-order valence-electron chi connectivity index (χ4n) is 2.38. The summed E-state index contributed by atoms with van der Waals surface area (Å²) >= 11 is 0. The van der Waals surface area contributed by atoms with Gasteiger partial charge in [0.25, 0.3) is 0 Å². The van der Waals surface area contributed by atoms with Gasteiger partial charge in [-0.2, -0.15) is 5.10 Å².